The highest BCUT2D eigenvalue weighted by Crippen LogP contribution is 2.29. The maximum absolute atomic E-state index is 12.2. The van der Waals surface area contributed by atoms with Crippen LogP contribution in [0.1, 0.15) is 10.4 Å². The topological polar surface area (TPSA) is 73.0 Å². The van der Waals surface area contributed by atoms with Crippen LogP contribution in [0.5, 0.6) is 0 Å². The average molecular weight is 267 g/mol. The molecule has 0 atom stereocenters. The van der Waals surface area contributed by atoms with E-state index >= 15 is 0 Å². The second-order valence-corrected chi connectivity index (χ2v) is 5.05. The van der Waals surface area contributed by atoms with E-state index in [1.54, 1.807) is 18.4 Å². The molecule has 0 bridgehead atoms. The maximum atomic E-state index is 12.2. The fourth-order valence-corrected chi connectivity index (χ4v) is 2.61. The second-order valence-electron chi connectivity index (χ2n) is 3.96. The quantitative estimate of drug-likeness (QED) is 0.715. The lowest BCUT2D eigenvalue weighted by atomic mass is 10.2. The van der Waals surface area contributed by atoms with Crippen LogP contribution in [-0.2, 0) is 7.05 Å². The molecule has 0 aromatic carbocycles. The molecule has 2 rings (SSSR count). The van der Waals surface area contributed by atoms with E-state index in [1.807, 2.05) is 19.2 Å². The number of nitrogens with zero attached hydrogens (tertiary/aromatic N) is 5. The van der Waals surface area contributed by atoms with Gasteiger partial charge in [-0.1, -0.05) is 0 Å². The molecule has 0 aliphatic carbocycles. The first kappa shape index (κ1) is 12.5. The van der Waals surface area contributed by atoms with Gasteiger partial charge in [-0.3, -0.25) is 4.90 Å². The summed E-state index contributed by atoms with van der Waals surface area (Å²) >= 11 is 1.56. The zero-order chi connectivity index (χ0) is 13.4. The number of rotatable bonds is 1. The SMILES string of the molecule is Cc1csc(C)c1N(C)C(=O)n1nnn(C)c1=O. The molecule has 0 aliphatic heterocycles. The minimum absolute atomic E-state index is 0.516. The first-order valence-electron chi connectivity index (χ1n) is 5.25. The number of thiophene rings is 1. The predicted octanol–water partition coefficient (Wildman–Crippen LogP) is 0.760. The average Bonchev–Trinajstić information content (AvgIpc) is 2.83. The Morgan fingerprint density at radius 1 is 1.39 bits per heavy atom. The number of carbonyl (C=O) groups is 1. The van der Waals surface area contributed by atoms with Crippen molar-refractivity contribution in [2.24, 2.45) is 7.05 Å². The van der Waals surface area contributed by atoms with Gasteiger partial charge in [-0.15, -0.1) is 16.0 Å². The summed E-state index contributed by atoms with van der Waals surface area (Å²) in [6, 6.07) is -0.516. The van der Waals surface area contributed by atoms with Crippen molar-refractivity contribution in [2.45, 2.75) is 13.8 Å². The van der Waals surface area contributed by atoms with Crippen molar-refractivity contribution in [1.29, 1.82) is 0 Å². The van der Waals surface area contributed by atoms with E-state index in [2.05, 4.69) is 10.4 Å². The lowest BCUT2D eigenvalue weighted by Gasteiger charge is -2.16. The lowest BCUT2D eigenvalue weighted by molar-refractivity contribution is 0.245. The van der Waals surface area contributed by atoms with Crippen LogP contribution in [0.25, 0.3) is 0 Å². The van der Waals surface area contributed by atoms with Gasteiger partial charge in [-0.05, 0) is 35.2 Å². The fraction of sp³-hybridized carbons (Fsp3) is 0.400. The second kappa shape index (κ2) is 4.37. The molecule has 0 saturated carbocycles. The molecule has 96 valence electrons. The van der Waals surface area contributed by atoms with E-state index in [1.165, 1.54) is 11.9 Å². The maximum Gasteiger partial charge on any atom is 0.372 e. The molecule has 8 heteroatoms. The summed E-state index contributed by atoms with van der Waals surface area (Å²) in [7, 11) is 3.06. The Bertz CT molecular complexity index is 634. The van der Waals surface area contributed by atoms with Crippen molar-refractivity contribution in [2.75, 3.05) is 11.9 Å². The van der Waals surface area contributed by atoms with Crippen LogP contribution in [0.4, 0.5) is 10.5 Å². The molecule has 18 heavy (non-hydrogen) atoms. The van der Waals surface area contributed by atoms with Crippen molar-refractivity contribution >= 4 is 23.1 Å². The van der Waals surface area contributed by atoms with Crippen LogP contribution in [0.3, 0.4) is 0 Å². The Balaban J connectivity index is 2.41. The summed E-state index contributed by atoms with van der Waals surface area (Å²) in [6.45, 7) is 3.85. The van der Waals surface area contributed by atoms with Crippen LogP contribution in [0, 0.1) is 13.8 Å². The third-order valence-corrected chi connectivity index (χ3v) is 3.66. The third kappa shape index (κ3) is 1.84. The Hall–Kier alpha value is -1.96. The van der Waals surface area contributed by atoms with Gasteiger partial charge in [0, 0.05) is 19.0 Å². The largest absolute Gasteiger partial charge is 0.372 e. The monoisotopic (exact) mass is 267 g/mol. The van der Waals surface area contributed by atoms with Gasteiger partial charge in [-0.2, -0.15) is 4.68 Å². The molecule has 0 aliphatic rings. The van der Waals surface area contributed by atoms with E-state index in [-0.39, 0.29) is 0 Å². The first-order valence-corrected chi connectivity index (χ1v) is 6.13. The number of aromatic nitrogens is 4. The van der Waals surface area contributed by atoms with E-state index in [4.69, 9.17) is 0 Å². The third-order valence-electron chi connectivity index (χ3n) is 2.64. The molecular formula is C10H13N5O2S. The Morgan fingerprint density at radius 2 is 2.06 bits per heavy atom. The number of hydrogen-bond acceptors (Lipinski definition) is 5. The van der Waals surface area contributed by atoms with E-state index in [0.29, 0.717) is 0 Å². The minimum atomic E-state index is -0.558. The summed E-state index contributed by atoms with van der Waals surface area (Å²) in [5.41, 5.74) is 1.24. The first-order chi connectivity index (χ1) is 8.43. The van der Waals surface area contributed by atoms with Gasteiger partial charge >= 0.3 is 11.7 Å². The van der Waals surface area contributed by atoms with Crippen LogP contribution in [-0.4, -0.2) is 32.9 Å². The number of tetrazole rings is 1. The van der Waals surface area contributed by atoms with Crippen molar-refractivity contribution in [3.63, 3.8) is 0 Å². The van der Waals surface area contributed by atoms with Gasteiger partial charge in [0.05, 0.1) is 5.69 Å². The Morgan fingerprint density at radius 3 is 2.50 bits per heavy atom. The number of aryl methyl sites for hydroxylation is 3. The molecule has 2 aromatic heterocycles. The predicted molar refractivity (Wildman–Crippen MR) is 68.3 cm³/mol. The van der Waals surface area contributed by atoms with Crippen molar-refractivity contribution < 1.29 is 4.79 Å². The van der Waals surface area contributed by atoms with E-state index in [9.17, 15) is 9.59 Å². The fourth-order valence-electron chi connectivity index (χ4n) is 1.74. The zero-order valence-corrected chi connectivity index (χ0v) is 11.4. The minimum Gasteiger partial charge on any atom is -0.294 e. The number of anilines is 1. The van der Waals surface area contributed by atoms with E-state index in [0.717, 1.165) is 25.5 Å². The highest BCUT2D eigenvalue weighted by molar-refractivity contribution is 7.10. The molecular weight excluding hydrogens is 254 g/mol. The van der Waals surface area contributed by atoms with Crippen LogP contribution in [0.2, 0.25) is 0 Å². The normalized spacial score (nSPS) is 10.7. The highest BCUT2D eigenvalue weighted by Gasteiger charge is 2.21. The summed E-state index contributed by atoms with van der Waals surface area (Å²) in [5, 5.41) is 9.02. The highest BCUT2D eigenvalue weighted by atomic mass is 32.1. The number of carbonyl (C=O) groups excluding carboxylic acids is 1. The molecule has 0 unspecified atom stereocenters. The summed E-state index contributed by atoms with van der Waals surface area (Å²) in [6.07, 6.45) is 0. The van der Waals surface area contributed by atoms with Crippen LogP contribution in [0.15, 0.2) is 10.2 Å². The molecule has 0 N–H and O–H groups in total. The van der Waals surface area contributed by atoms with Gasteiger partial charge in [-0.25, -0.2) is 9.59 Å². The molecule has 7 nitrogen and oxygen atoms in total. The number of hydrogen-bond donors (Lipinski definition) is 0. The number of amides is 1. The molecule has 1 amide bonds. The summed E-state index contributed by atoms with van der Waals surface area (Å²) < 4.78 is 1.76. The Labute approximate surface area is 107 Å². The van der Waals surface area contributed by atoms with Gasteiger partial charge in [0.15, 0.2) is 0 Å². The summed E-state index contributed by atoms with van der Waals surface area (Å²) in [5.74, 6) is 0. The van der Waals surface area contributed by atoms with Crippen LogP contribution >= 0.6 is 11.3 Å². The molecule has 2 heterocycles. The van der Waals surface area contributed by atoms with Crippen LogP contribution < -0.4 is 10.6 Å². The zero-order valence-electron chi connectivity index (χ0n) is 10.5. The van der Waals surface area contributed by atoms with Gasteiger partial charge < -0.3 is 0 Å². The molecule has 0 saturated heterocycles. The molecule has 0 fully saturated rings. The smallest absolute Gasteiger partial charge is 0.294 e. The summed E-state index contributed by atoms with van der Waals surface area (Å²) in [4.78, 5) is 26.2. The lowest BCUT2D eigenvalue weighted by Crippen LogP contribution is -2.39. The molecule has 0 radical (unpaired) electrons. The Kier molecular flexibility index (Phi) is 3.04. The van der Waals surface area contributed by atoms with Gasteiger partial charge in [0.25, 0.3) is 0 Å². The van der Waals surface area contributed by atoms with Gasteiger partial charge in [0.1, 0.15) is 0 Å². The van der Waals surface area contributed by atoms with Crippen molar-refractivity contribution in [1.82, 2.24) is 19.8 Å². The molecule has 0 spiro atoms. The standard InChI is InChI=1S/C10H13N5O2S/c1-6-5-18-7(2)8(6)13(3)9(16)15-10(17)14(4)11-12-15/h5H,1-4H3. The van der Waals surface area contributed by atoms with E-state index < -0.39 is 11.7 Å². The molecule has 2 aromatic rings. The van der Waals surface area contributed by atoms with Crippen molar-refractivity contribution in [3.05, 3.63) is 26.3 Å². The van der Waals surface area contributed by atoms with Crippen molar-refractivity contribution in [3.8, 4) is 0 Å². The van der Waals surface area contributed by atoms with Gasteiger partial charge in [0.2, 0.25) is 0 Å².